The molecule has 3 rings (SSSR count). The fraction of sp³-hybridized carbons (Fsp3) is 0.400. The maximum absolute atomic E-state index is 15.1. The van der Waals surface area contributed by atoms with Gasteiger partial charge in [-0.15, -0.1) is 0 Å². The van der Waals surface area contributed by atoms with Gasteiger partial charge in [-0.05, 0) is 53.6 Å². The molecule has 0 unspecified atom stereocenters. The highest BCUT2D eigenvalue weighted by Crippen LogP contribution is 2.36. The molecule has 33 heavy (non-hydrogen) atoms. The first-order valence-electron chi connectivity index (χ1n) is 12.4. The minimum absolute atomic E-state index is 0.0133. The van der Waals surface area contributed by atoms with Gasteiger partial charge in [0.1, 0.15) is 0 Å². The van der Waals surface area contributed by atoms with Gasteiger partial charge in [0.15, 0.2) is 11.6 Å². The molecule has 0 heterocycles. The molecule has 0 aromatic heterocycles. The molecule has 0 atom stereocenters. The van der Waals surface area contributed by atoms with Crippen LogP contribution in [-0.4, -0.2) is 6.61 Å². The summed E-state index contributed by atoms with van der Waals surface area (Å²) >= 11 is 0. The van der Waals surface area contributed by atoms with Gasteiger partial charge in [0, 0.05) is 5.56 Å². The number of hydrogen-bond donors (Lipinski definition) is 0. The number of ether oxygens (including phenoxy) is 1. The molecule has 3 aromatic carbocycles. The van der Waals surface area contributed by atoms with E-state index in [0.717, 1.165) is 36.8 Å². The van der Waals surface area contributed by atoms with E-state index < -0.39 is 11.6 Å². The van der Waals surface area contributed by atoms with Crippen LogP contribution in [0.3, 0.4) is 0 Å². The Kier molecular flexibility index (Phi) is 9.93. The first-order valence-corrected chi connectivity index (χ1v) is 12.4. The van der Waals surface area contributed by atoms with Crippen LogP contribution in [0, 0.1) is 11.6 Å². The van der Waals surface area contributed by atoms with E-state index in [4.69, 9.17) is 4.74 Å². The molecule has 1 nitrogen and oxygen atoms in total. The molecule has 0 radical (unpaired) electrons. The molecule has 176 valence electrons. The standard InChI is InChI=1S/C30H36F2O/c1-3-5-7-8-12-22-33-28-21-20-27(29(31)30(28)32)26-15-11-10-14-25(26)24-18-16-23(17-19-24)13-9-6-4-2/h10-11,14-21H,3-9,12-13,22H2,1-2H3. The summed E-state index contributed by atoms with van der Waals surface area (Å²) in [6, 6.07) is 19.2. The van der Waals surface area contributed by atoms with Crippen molar-refractivity contribution in [1.82, 2.24) is 0 Å². The van der Waals surface area contributed by atoms with Crippen LogP contribution in [-0.2, 0) is 6.42 Å². The van der Waals surface area contributed by atoms with E-state index in [1.54, 1.807) is 12.1 Å². The fourth-order valence-electron chi connectivity index (χ4n) is 4.14. The molecule has 0 spiro atoms. The van der Waals surface area contributed by atoms with Gasteiger partial charge in [0.05, 0.1) is 6.61 Å². The zero-order chi connectivity index (χ0) is 23.5. The third-order valence-electron chi connectivity index (χ3n) is 6.10. The quantitative estimate of drug-likeness (QED) is 0.236. The van der Waals surface area contributed by atoms with E-state index in [2.05, 4.69) is 38.1 Å². The molecule has 0 fully saturated rings. The van der Waals surface area contributed by atoms with Crippen LogP contribution in [0.25, 0.3) is 22.3 Å². The highest BCUT2D eigenvalue weighted by Gasteiger charge is 2.18. The van der Waals surface area contributed by atoms with E-state index in [-0.39, 0.29) is 11.3 Å². The van der Waals surface area contributed by atoms with Crippen LogP contribution in [0.15, 0.2) is 60.7 Å². The van der Waals surface area contributed by atoms with Crippen molar-refractivity contribution in [2.45, 2.75) is 71.6 Å². The van der Waals surface area contributed by atoms with Gasteiger partial charge in [0.25, 0.3) is 0 Å². The molecule has 0 saturated heterocycles. The van der Waals surface area contributed by atoms with Crippen molar-refractivity contribution in [2.24, 2.45) is 0 Å². The first kappa shape index (κ1) is 25.0. The molecule has 0 bridgehead atoms. The monoisotopic (exact) mass is 450 g/mol. The van der Waals surface area contributed by atoms with Crippen LogP contribution in [0.1, 0.15) is 70.8 Å². The van der Waals surface area contributed by atoms with Gasteiger partial charge in [-0.2, -0.15) is 4.39 Å². The maximum atomic E-state index is 15.1. The Balaban J connectivity index is 1.77. The third-order valence-corrected chi connectivity index (χ3v) is 6.10. The largest absolute Gasteiger partial charge is 0.490 e. The van der Waals surface area contributed by atoms with Crippen LogP contribution >= 0.6 is 0 Å². The van der Waals surface area contributed by atoms with E-state index in [1.165, 1.54) is 37.7 Å². The zero-order valence-corrected chi connectivity index (χ0v) is 20.0. The summed E-state index contributed by atoms with van der Waals surface area (Å²) in [7, 11) is 0. The average Bonchev–Trinajstić information content (AvgIpc) is 2.84. The average molecular weight is 451 g/mol. The number of rotatable bonds is 13. The van der Waals surface area contributed by atoms with E-state index in [1.807, 2.05) is 24.3 Å². The molecule has 0 saturated carbocycles. The lowest BCUT2D eigenvalue weighted by Crippen LogP contribution is -2.02. The van der Waals surface area contributed by atoms with Crippen LogP contribution in [0.2, 0.25) is 0 Å². The molecule has 0 aliphatic carbocycles. The second-order valence-corrected chi connectivity index (χ2v) is 8.70. The Bertz CT molecular complexity index is 995. The third kappa shape index (κ3) is 6.90. The summed E-state index contributed by atoms with van der Waals surface area (Å²) in [5.74, 6) is -1.79. The van der Waals surface area contributed by atoms with Crippen LogP contribution in [0.4, 0.5) is 8.78 Å². The molecule has 0 aliphatic rings. The van der Waals surface area contributed by atoms with Crippen molar-refractivity contribution < 1.29 is 13.5 Å². The maximum Gasteiger partial charge on any atom is 0.201 e. The SMILES string of the molecule is CCCCCCCOc1ccc(-c2ccccc2-c2ccc(CCCCC)cc2)c(F)c1F. The summed E-state index contributed by atoms with van der Waals surface area (Å²) in [6.07, 6.45) is 10.1. The van der Waals surface area contributed by atoms with Crippen molar-refractivity contribution in [3.05, 3.63) is 77.9 Å². The summed E-state index contributed by atoms with van der Waals surface area (Å²) in [5.41, 5.74) is 4.12. The minimum Gasteiger partial charge on any atom is -0.490 e. The van der Waals surface area contributed by atoms with Crippen molar-refractivity contribution in [2.75, 3.05) is 6.61 Å². The molecule has 0 N–H and O–H groups in total. The Morgan fingerprint density at radius 1 is 0.606 bits per heavy atom. The molecule has 3 aromatic rings. The van der Waals surface area contributed by atoms with Gasteiger partial charge in [0.2, 0.25) is 5.82 Å². The second-order valence-electron chi connectivity index (χ2n) is 8.70. The highest BCUT2D eigenvalue weighted by atomic mass is 19.2. The van der Waals surface area contributed by atoms with Crippen molar-refractivity contribution in [1.29, 1.82) is 0 Å². The summed E-state index contributed by atoms with van der Waals surface area (Å²) in [5, 5.41) is 0. The predicted octanol–water partition coefficient (Wildman–Crippen LogP) is 9.38. The number of benzene rings is 3. The number of hydrogen-bond acceptors (Lipinski definition) is 1. The lowest BCUT2D eigenvalue weighted by molar-refractivity contribution is 0.285. The second kappa shape index (κ2) is 13.1. The Hall–Kier alpha value is -2.68. The predicted molar refractivity (Wildman–Crippen MR) is 135 cm³/mol. The normalized spacial score (nSPS) is 11.0. The molecule has 0 aliphatic heterocycles. The van der Waals surface area contributed by atoms with Crippen LogP contribution < -0.4 is 4.74 Å². The number of aryl methyl sites for hydroxylation is 1. The lowest BCUT2D eigenvalue weighted by Gasteiger charge is -2.14. The number of halogens is 2. The van der Waals surface area contributed by atoms with Crippen molar-refractivity contribution in [3.63, 3.8) is 0 Å². The molecule has 0 amide bonds. The number of unbranched alkanes of at least 4 members (excludes halogenated alkanes) is 6. The van der Waals surface area contributed by atoms with Crippen molar-refractivity contribution >= 4 is 0 Å². The smallest absolute Gasteiger partial charge is 0.201 e. The van der Waals surface area contributed by atoms with E-state index in [9.17, 15) is 4.39 Å². The lowest BCUT2D eigenvalue weighted by atomic mass is 9.93. The van der Waals surface area contributed by atoms with E-state index in [0.29, 0.717) is 12.2 Å². The Morgan fingerprint density at radius 2 is 1.27 bits per heavy atom. The fourth-order valence-corrected chi connectivity index (χ4v) is 4.14. The highest BCUT2D eigenvalue weighted by molar-refractivity contribution is 5.84. The minimum atomic E-state index is -0.915. The van der Waals surface area contributed by atoms with Gasteiger partial charge in [-0.25, -0.2) is 4.39 Å². The van der Waals surface area contributed by atoms with Gasteiger partial charge < -0.3 is 4.74 Å². The molecule has 3 heteroatoms. The van der Waals surface area contributed by atoms with Gasteiger partial charge in [-0.3, -0.25) is 0 Å². The summed E-state index contributed by atoms with van der Waals surface area (Å²) in [4.78, 5) is 0. The van der Waals surface area contributed by atoms with Gasteiger partial charge >= 0.3 is 0 Å². The zero-order valence-electron chi connectivity index (χ0n) is 20.0. The first-order chi connectivity index (χ1) is 16.2. The molecular weight excluding hydrogens is 414 g/mol. The Morgan fingerprint density at radius 3 is 2.00 bits per heavy atom. The topological polar surface area (TPSA) is 9.23 Å². The summed E-state index contributed by atoms with van der Waals surface area (Å²) in [6.45, 7) is 4.77. The van der Waals surface area contributed by atoms with Crippen LogP contribution in [0.5, 0.6) is 5.75 Å². The van der Waals surface area contributed by atoms with E-state index >= 15 is 4.39 Å². The van der Waals surface area contributed by atoms with Gasteiger partial charge in [-0.1, -0.05) is 101 Å². The summed E-state index contributed by atoms with van der Waals surface area (Å²) < 4.78 is 35.5. The molecular formula is C30H36F2O. The Labute approximate surface area is 197 Å². The van der Waals surface area contributed by atoms with Crippen molar-refractivity contribution in [3.8, 4) is 28.0 Å².